The molecule has 8 heteroatoms. The summed E-state index contributed by atoms with van der Waals surface area (Å²) in [7, 11) is 3.02. The highest BCUT2D eigenvalue weighted by Gasteiger charge is 2.26. The lowest BCUT2D eigenvalue weighted by molar-refractivity contribution is 0.364. The van der Waals surface area contributed by atoms with E-state index >= 15 is 0 Å². The van der Waals surface area contributed by atoms with Gasteiger partial charge in [-0.2, -0.15) is 4.98 Å². The number of ether oxygens (including phenoxy) is 3. The minimum absolute atomic E-state index is 0.0480. The summed E-state index contributed by atoms with van der Waals surface area (Å²) in [4.78, 5) is 19.8. The molecular formula is C19H15BrN2O5. The molecule has 2 heterocycles. The van der Waals surface area contributed by atoms with Crippen molar-refractivity contribution in [1.29, 1.82) is 0 Å². The monoisotopic (exact) mass is 430 g/mol. The summed E-state index contributed by atoms with van der Waals surface area (Å²) in [5, 5.41) is 9.99. The minimum Gasteiger partial charge on any atom is -0.504 e. The molecule has 7 nitrogen and oxygen atoms in total. The normalized spacial score (nSPS) is 12.0. The first-order valence-electron chi connectivity index (χ1n) is 8.05. The Morgan fingerprint density at radius 3 is 2.67 bits per heavy atom. The number of halogens is 1. The van der Waals surface area contributed by atoms with E-state index in [1.54, 1.807) is 25.3 Å². The van der Waals surface area contributed by atoms with Crippen molar-refractivity contribution in [3.05, 3.63) is 56.3 Å². The van der Waals surface area contributed by atoms with Crippen LogP contribution in [0.1, 0.15) is 11.1 Å². The van der Waals surface area contributed by atoms with Crippen LogP contribution in [-0.4, -0.2) is 29.3 Å². The van der Waals surface area contributed by atoms with Crippen LogP contribution < -0.4 is 19.8 Å². The van der Waals surface area contributed by atoms with Gasteiger partial charge in [-0.05, 0) is 30.3 Å². The van der Waals surface area contributed by atoms with Crippen molar-refractivity contribution in [3.63, 3.8) is 0 Å². The fourth-order valence-corrected chi connectivity index (χ4v) is 3.48. The van der Waals surface area contributed by atoms with E-state index in [9.17, 15) is 9.90 Å². The van der Waals surface area contributed by atoms with Gasteiger partial charge in [-0.1, -0.05) is 15.9 Å². The van der Waals surface area contributed by atoms with Gasteiger partial charge in [0.2, 0.25) is 5.88 Å². The Morgan fingerprint density at radius 1 is 1.19 bits per heavy atom. The Labute approximate surface area is 162 Å². The van der Waals surface area contributed by atoms with Crippen molar-refractivity contribution in [2.75, 3.05) is 14.2 Å². The number of benzene rings is 2. The van der Waals surface area contributed by atoms with E-state index in [0.717, 1.165) is 10.0 Å². The average molecular weight is 431 g/mol. The van der Waals surface area contributed by atoms with E-state index in [1.807, 2.05) is 6.07 Å². The Bertz CT molecular complexity index is 1110. The lowest BCUT2D eigenvalue weighted by atomic mass is 10.0. The van der Waals surface area contributed by atoms with E-state index < -0.39 is 0 Å². The first-order valence-corrected chi connectivity index (χ1v) is 8.84. The standard InChI is InChI=1S/C19H15BrN2O5/c1-25-14-4-3-9(7-13(14)23)17-21-18(24)12-6-10-5-11(20)8-15(26-2)16(10)27-19(12)22-17/h3-5,7-8,23H,6H2,1-2H3,(H,21,22,24). The number of aromatic hydroxyl groups is 1. The van der Waals surface area contributed by atoms with Gasteiger partial charge in [0.05, 0.1) is 19.8 Å². The average Bonchev–Trinajstić information content (AvgIpc) is 2.66. The number of methoxy groups -OCH3 is 2. The molecule has 0 atom stereocenters. The topological polar surface area (TPSA) is 93.7 Å². The number of rotatable bonds is 3. The number of nitrogens with one attached hydrogen (secondary N) is 1. The molecule has 0 spiro atoms. The van der Waals surface area contributed by atoms with E-state index in [1.165, 1.54) is 13.2 Å². The molecule has 0 aliphatic carbocycles. The Hall–Kier alpha value is -3.00. The van der Waals surface area contributed by atoms with Crippen LogP contribution in [0.2, 0.25) is 0 Å². The third kappa shape index (κ3) is 3.02. The van der Waals surface area contributed by atoms with Gasteiger partial charge in [-0.3, -0.25) is 4.79 Å². The van der Waals surface area contributed by atoms with Gasteiger partial charge in [0.15, 0.2) is 23.0 Å². The molecule has 0 unspecified atom stereocenters. The summed E-state index contributed by atoms with van der Waals surface area (Å²) in [6.45, 7) is 0. The van der Waals surface area contributed by atoms with Crippen LogP contribution in [0.5, 0.6) is 28.9 Å². The van der Waals surface area contributed by atoms with Crippen molar-refractivity contribution >= 4 is 15.9 Å². The van der Waals surface area contributed by atoms with E-state index in [-0.39, 0.29) is 23.0 Å². The number of phenols is 1. The Balaban J connectivity index is 1.81. The number of H-pyrrole nitrogens is 1. The largest absolute Gasteiger partial charge is 0.504 e. The summed E-state index contributed by atoms with van der Waals surface area (Å²) < 4.78 is 17.2. The van der Waals surface area contributed by atoms with Crippen LogP contribution >= 0.6 is 15.9 Å². The summed E-state index contributed by atoms with van der Waals surface area (Å²) in [6.07, 6.45) is 0.372. The zero-order chi connectivity index (χ0) is 19.1. The zero-order valence-electron chi connectivity index (χ0n) is 14.5. The summed E-state index contributed by atoms with van der Waals surface area (Å²) in [6, 6.07) is 8.44. The molecule has 3 aromatic rings. The van der Waals surface area contributed by atoms with Crippen LogP contribution in [0.4, 0.5) is 0 Å². The molecule has 138 valence electrons. The number of aromatic nitrogens is 2. The fourth-order valence-electron chi connectivity index (χ4n) is 3.00. The lowest BCUT2D eigenvalue weighted by Crippen LogP contribution is -2.20. The van der Waals surface area contributed by atoms with E-state index in [2.05, 4.69) is 25.9 Å². The minimum atomic E-state index is -0.296. The summed E-state index contributed by atoms with van der Waals surface area (Å²) in [5.74, 6) is 1.88. The molecule has 2 aromatic carbocycles. The van der Waals surface area contributed by atoms with Crippen molar-refractivity contribution in [3.8, 4) is 40.3 Å². The van der Waals surface area contributed by atoms with Crippen molar-refractivity contribution in [2.24, 2.45) is 0 Å². The quantitative estimate of drug-likeness (QED) is 0.515. The molecule has 0 saturated carbocycles. The van der Waals surface area contributed by atoms with Crippen LogP contribution in [-0.2, 0) is 6.42 Å². The predicted octanol–water partition coefficient (Wildman–Crippen LogP) is 3.62. The molecule has 0 bridgehead atoms. The van der Waals surface area contributed by atoms with Crippen LogP contribution in [0.15, 0.2) is 39.6 Å². The molecule has 27 heavy (non-hydrogen) atoms. The van der Waals surface area contributed by atoms with Gasteiger partial charge in [0, 0.05) is 22.0 Å². The van der Waals surface area contributed by atoms with Crippen molar-refractivity contribution in [1.82, 2.24) is 9.97 Å². The second kappa shape index (κ2) is 6.62. The number of hydrogen-bond donors (Lipinski definition) is 2. The Kier molecular flexibility index (Phi) is 4.27. The SMILES string of the molecule is COc1ccc(-c2nc3c(c(=O)[nH]2)Cc2cc(Br)cc(OC)c2O3)cc1O. The van der Waals surface area contributed by atoms with E-state index in [4.69, 9.17) is 14.2 Å². The highest BCUT2D eigenvalue weighted by molar-refractivity contribution is 9.10. The number of nitrogens with zero attached hydrogens (tertiary/aromatic N) is 1. The highest BCUT2D eigenvalue weighted by atomic mass is 79.9. The molecule has 2 N–H and O–H groups in total. The third-order valence-electron chi connectivity index (χ3n) is 4.31. The van der Waals surface area contributed by atoms with Crippen molar-refractivity contribution < 1.29 is 19.3 Å². The molecule has 0 saturated heterocycles. The molecule has 1 aliphatic rings. The van der Waals surface area contributed by atoms with Crippen LogP contribution in [0, 0.1) is 0 Å². The van der Waals surface area contributed by atoms with Gasteiger partial charge in [0.25, 0.3) is 5.56 Å². The van der Waals surface area contributed by atoms with E-state index in [0.29, 0.717) is 34.8 Å². The maximum atomic E-state index is 12.6. The van der Waals surface area contributed by atoms with Crippen molar-refractivity contribution in [2.45, 2.75) is 6.42 Å². The number of fused-ring (bicyclic) bond motifs is 2. The maximum Gasteiger partial charge on any atom is 0.258 e. The highest BCUT2D eigenvalue weighted by Crippen LogP contribution is 2.42. The maximum absolute atomic E-state index is 12.6. The van der Waals surface area contributed by atoms with Gasteiger partial charge >= 0.3 is 0 Å². The van der Waals surface area contributed by atoms with Gasteiger partial charge in [-0.15, -0.1) is 0 Å². The first kappa shape index (κ1) is 17.4. The van der Waals surface area contributed by atoms with Crippen LogP contribution in [0.25, 0.3) is 11.4 Å². The third-order valence-corrected chi connectivity index (χ3v) is 4.77. The molecule has 4 rings (SSSR count). The molecular weight excluding hydrogens is 416 g/mol. The lowest BCUT2D eigenvalue weighted by Gasteiger charge is -2.21. The number of hydrogen-bond acceptors (Lipinski definition) is 6. The number of phenolic OH excluding ortho intramolecular Hbond substituents is 1. The molecule has 0 radical (unpaired) electrons. The molecule has 0 amide bonds. The number of aromatic amines is 1. The van der Waals surface area contributed by atoms with Gasteiger partial charge in [0.1, 0.15) is 5.82 Å². The van der Waals surface area contributed by atoms with Gasteiger partial charge in [-0.25, -0.2) is 0 Å². The second-order valence-corrected chi connectivity index (χ2v) is 6.88. The smallest absolute Gasteiger partial charge is 0.258 e. The molecule has 0 fully saturated rings. The summed E-state index contributed by atoms with van der Waals surface area (Å²) >= 11 is 3.43. The second-order valence-electron chi connectivity index (χ2n) is 5.96. The summed E-state index contributed by atoms with van der Waals surface area (Å²) in [5.41, 5.74) is 1.50. The molecule has 1 aromatic heterocycles. The predicted molar refractivity (Wildman–Crippen MR) is 102 cm³/mol. The molecule has 1 aliphatic heterocycles. The van der Waals surface area contributed by atoms with Gasteiger partial charge < -0.3 is 24.3 Å². The first-order chi connectivity index (χ1) is 13.0. The zero-order valence-corrected chi connectivity index (χ0v) is 16.1. The van der Waals surface area contributed by atoms with Crippen LogP contribution in [0.3, 0.4) is 0 Å². The Morgan fingerprint density at radius 2 is 1.96 bits per heavy atom. The fraction of sp³-hybridized carbons (Fsp3) is 0.158.